The van der Waals surface area contributed by atoms with Crippen LogP contribution in [0.25, 0.3) is 0 Å². The number of nitrogens with zero attached hydrogens (tertiary/aromatic N) is 1. The SMILES string of the molecule is C=C(CO)[C@@H]1CC[C@]2(CO)CC[C@]3(C)[C@H](CC[C@@H]4[C@@]5(C)CC/C(=N\OC(C)=O)[C@@](C)(COC(C)=O)[C@@H]5CC[C@]43C)[C@@H]12. The fraction of sp³-hybridized carbons (Fsp3) is 0.853. The molecule has 0 aromatic carbocycles. The summed E-state index contributed by atoms with van der Waals surface area (Å²) >= 11 is 0. The molecule has 10 atom stereocenters. The minimum absolute atomic E-state index is 0.0282. The lowest BCUT2D eigenvalue weighted by atomic mass is 9.32. The Balaban J connectivity index is 1.52. The Labute approximate surface area is 246 Å². The smallest absolute Gasteiger partial charge is 0.331 e. The Morgan fingerprint density at radius 1 is 0.902 bits per heavy atom. The van der Waals surface area contributed by atoms with Crippen molar-refractivity contribution in [3.05, 3.63) is 12.2 Å². The van der Waals surface area contributed by atoms with Crippen LogP contribution < -0.4 is 0 Å². The molecule has 5 saturated carbocycles. The van der Waals surface area contributed by atoms with E-state index in [1.807, 2.05) is 0 Å². The van der Waals surface area contributed by atoms with Crippen molar-refractivity contribution in [1.82, 2.24) is 0 Å². The van der Waals surface area contributed by atoms with Gasteiger partial charge in [-0.1, -0.05) is 39.4 Å². The molecule has 0 aliphatic heterocycles. The van der Waals surface area contributed by atoms with E-state index in [-0.39, 0.29) is 59.3 Å². The third-order valence-electron chi connectivity index (χ3n) is 14.1. The maximum absolute atomic E-state index is 12.0. The molecule has 0 bridgehead atoms. The molecular formula is C34H53NO6. The second-order valence-electron chi connectivity index (χ2n) is 15.5. The van der Waals surface area contributed by atoms with E-state index in [0.717, 1.165) is 75.5 Å². The standard InChI is InChI=1S/C34H53NO6/c1-21(18-36)24-10-15-34(19-37)17-16-32(6)25(29(24)34)8-9-27-30(4)13-12-28(35-41-23(3)39)31(5,20-40-22(2)38)26(30)11-14-33(27,32)7/h24-27,29,36-37H,1,8-20H2,2-7H3/b35-28+/t24-,25+,26+,27+,29+,30-,31-,32+,33+,34+/m0/s1. The molecule has 7 nitrogen and oxygen atoms in total. The van der Waals surface area contributed by atoms with E-state index in [2.05, 4.69) is 39.4 Å². The van der Waals surface area contributed by atoms with Gasteiger partial charge in [0.1, 0.15) is 6.61 Å². The Morgan fingerprint density at radius 2 is 1.63 bits per heavy atom. The molecule has 0 unspecified atom stereocenters. The van der Waals surface area contributed by atoms with E-state index >= 15 is 0 Å². The van der Waals surface area contributed by atoms with Crippen molar-refractivity contribution < 1.29 is 29.4 Å². The summed E-state index contributed by atoms with van der Waals surface area (Å²) in [6.07, 6.45) is 10.3. The first-order valence-corrected chi connectivity index (χ1v) is 16.0. The number of hydrogen-bond acceptors (Lipinski definition) is 7. The average Bonchev–Trinajstić information content (AvgIpc) is 3.31. The monoisotopic (exact) mass is 571 g/mol. The van der Waals surface area contributed by atoms with Gasteiger partial charge in [-0.15, -0.1) is 0 Å². The number of oxime groups is 1. The molecule has 2 N–H and O–H groups in total. The van der Waals surface area contributed by atoms with Crippen LogP contribution in [-0.2, 0) is 19.2 Å². The summed E-state index contributed by atoms with van der Waals surface area (Å²) in [6.45, 7) is 17.4. The highest BCUT2D eigenvalue weighted by molar-refractivity contribution is 5.91. The molecule has 5 aliphatic rings. The third-order valence-corrected chi connectivity index (χ3v) is 14.1. The minimum Gasteiger partial charge on any atom is -0.465 e. The van der Waals surface area contributed by atoms with Crippen molar-refractivity contribution >= 4 is 17.7 Å². The molecule has 0 spiro atoms. The molecule has 5 rings (SSSR count). The second kappa shape index (κ2) is 10.5. The van der Waals surface area contributed by atoms with E-state index in [1.54, 1.807) is 0 Å². The van der Waals surface area contributed by atoms with Crippen LogP contribution in [0.4, 0.5) is 0 Å². The molecule has 5 fully saturated rings. The van der Waals surface area contributed by atoms with Gasteiger partial charge in [-0.25, -0.2) is 4.79 Å². The highest BCUT2D eigenvalue weighted by Crippen LogP contribution is 2.77. The minimum atomic E-state index is -0.499. The van der Waals surface area contributed by atoms with Crippen LogP contribution in [0.2, 0.25) is 0 Å². The zero-order valence-corrected chi connectivity index (χ0v) is 26.3. The fourth-order valence-electron chi connectivity index (χ4n) is 11.9. The summed E-state index contributed by atoms with van der Waals surface area (Å²) in [7, 11) is 0. The molecule has 0 aromatic rings. The van der Waals surface area contributed by atoms with Crippen LogP contribution in [-0.4, -0.2) is 47.7 Å². The van der Waals surface area contributed by atoms with Crippen LogP contribution in [0.3, 0.4) is 0 Å². The van der Waals surface area contributed by atoms with Gasteiger partial charge in [-0.2, -0.15) is 0 Å². The first kappa shape index (κ1) is 30.7. The highest BCUT2D eigenvalue weighted by atomic mass is 16.7. The van der Waals surface area contributed by atoms with Gasteiger partial charge >= 0.3 is 11.9 Å². The predicted octanol–water partition coefficient (Wildman–Crippen LogP) is 6.07. The van der Waals surface area contributed by atoms with Gasteiger partial charge in [0.05, 0.1) is 12.3 Å². The summed E-state index contributed by atoms with van der Waals surface area (Å²) in [5, 5.41) is 25.2. The predicted molar refractivity (Wildman–Crippen MR) is 158 cm³/mol. The molecule has 0 amide bonds. The largest absolute Gasteiger partial charge is 0.465 e. The number of fused-ring (bicyclic) bond motifs is 7. The lowest BCUT2D eigenvalue weighted by Crippen LogP contribution is -2.67. The number of aliphatic hydroxyl groups is 2. The van der Waals surface area contributed by atoms with Crippen LogP contribution in [0, 0.1) is 56.7 Å². The van der Waals surface area contributed by atoms with Gasteiger partial charge in [0.2, 0.25) is 0 Å². The normalized spacial score (nSPS) is 47.9. The molecule has 0 saturated heterocycles. The van der Waals surface area contributed by atoms with Gasteiger partial charge in [-0.05, 0) is 121 Å². The average molecular weight is 572 g/mol. The molecule has 0 aromatic heterocycles. The van der Waals surface area contributed by atoms with Crippen molar-refractivity contribution in [3.8, 4) is 0 Å². The van der Waals surface area contributed by atoms with E-state index in [9.17, 15) is 19.8 Å². The number of rotatable bonds is 6. The molecule has 7 heteroatoms. The van der Waals surface area contributed by atoms with Crippen molar-refractivity contribution in [1.29, 1.82) is 0 Å². The fourth-order valence-corrected chi connectivity index (χ4v) is 11.9. The molecule has 0 heterocycles. The van der Waals surface area contributed by atoms with Gasteiger partial charge < -0.3 is 19.8 Å². The molecule has 230 valence electrons. The first-order chi connectivity index (χ1) is 19.2. The number of carbonyl (C=O) groups is 2. The third kappa shape index (κ3) is 4.38. The van der Waals surface area contributed by atoms with Crippen molar-refractivity contribution in [2.75, 3.05) is 19.8 Å². The molecule has 0 radical (unpaired) electrons. The zero-order valence-electron chi connectivity index (χ0n) is 26.3. The van der Waals surface area contributed by atoms with Crippen molar-refractivity contribution in [2.45, 2.75) is 106 Å². The summed E-state index contributed by atoms with van der Waals surface area (Å²) in [5.41, 5.74) is 1.52. The van der Waals surface area contributed by atoms with Crippen molar-refractivity contribution in [2.24, 2.45) is 61.8 Å². The Morgan fingerprint density at radius 3 is 2.27 bits per heavy atom. The van der Waals surface area contributed by atoms with E-state index in [4.69, 9.17) is 9.57 Å². The Hall–Kier alpha value is -1.73. The topological polar surface area (TPSA) is 105 Å². The van der Waals surface area contributed by atoms with Gasteiger partial charge in [0.25, 0.3) is 0 Å². The van der Waals surface area contributed by atoms with Crippen LogP contribution in [0.15, 0.2) is 17.3 Å². The number of ether oxygens (including phenoxy) is 1. The van der Waals surface area contributed by atoms with Crippen molar-refractivity contribution in [3.63, 3.8) is 0 Å². The van der Waals surface area contributed by atoms with E-state index in [0.29, 0.717) is 17.8 Å². The number of carbonyl (C=O) groups excluding carboxylic acids is 2. The lowest BCUT2D eigenvalue weighted by Gasteiger charge is -2.72. The summed E-state index contributed by atoms with van der Waals surface area (Å²) in [4.78, 5) is 28.8. The summed E-state index contributed by atoms with van der Waals surface area (Å²) in [6, 6.07) is 0. The summed E-state index contributed by atoms with van der Waals surface area (Å²) in [5.74, 6) is 1.17. The van der Waals surface area contributed by atoms with Gasteiger partial charge in [-0.3, -0.25) is 4.79 Å². The second-order valence-corrected chi connectivity index (χ2v) is 15.5. The number of aliphatic hydroxyl groups excluding tert-OH is 2. The number of hydrogen-bond donors (Lipinski definition) is 2. The van der Waals surface area contributed by atoms with Crippen LogP contribution in [0.1, 0.15) is 106 Å². The molecule has 41 heavy (non-hydrogen) atoms. The van der Waals surface area contributed by atoms with E-state index in [1.165, 1.54) is 13.8 Å². The summed E-state index contributed by atoms with van der Waals surface area (Å²) < 4.78 is 5.69. The maximum Gasteiger partial charge on any atom is 0.331 e. The number of esters is 1. The van der Waals surface area contributed by atoms with Crippen LogP contribution in [0.5, 0.6) is 0 Å². The first-order valence-electron chi connectivity index (χ1n) is 16.0. The zero-order chi connectivity index (χ0) is 30.0. The Bertz CT molecular complexity index is 1120. The van der Waals surface area contributed by atoms with Gasteiger partial charge in [0.15, 0.2) is 0 Å². The van der Waals surface area contributed by atoms with Crippen LogP contribution >= 0.6 is 0 Å². The lowest BCUT2D eigenvalue weighted by molar-refractivity contribution is -0.233. The van der Waals surface area contributed by atoms with Gasteiger partial charge in [0, 0.05) is 25.9 Å². The highest BCUT2D eigenvalue weighted by Gasteiger charge is 2.71. The molecule has 5 aliphatic carbocycles. The Kier molecular flexibility index (Phi) is 7.84. The van der Waals surface area contributed by atoms with E-state index < -0.39 is 11.4 Å². The quantitative estimate of drug-likeness (QED) is 0.173. The maximum atomic E-state index is 12.0. The molecular weight excluding hydrogens is 518 g/mol.